The summed E-state index contributed by atoms with van der Waals surface area (Å²) in [4.78, 5) is 9.10. The van der Waals surface area contributed by atoms with Gasteiger partial charge in [-0.1, -0.05) is 0 Å². The summed E-state index contributed by atoms with van der Waals surface area (Å²) in [6.07, 6.45) is 6.46. The first kappa shape index (κ1) is 10.6. The van der Waals surface area contributed by atoms with E-state index in [1.54, 1.807) is 6.20 Å². The Morgan fingerprint density at radius 2 is 2.17 bits per heavy atom. The van der Waals surface area contributed by atoms with Gasteiger partial charge in [0, 0.05) is 16.4 Å². The van der Waals surface area contributed by atoms with E-state index >= 15 is 0 Å². The normalized spacial score (nSPS) is 16.5. The van der Waals surface area contributed by atoms with Crippen molar-refractivity contribution in [3.05, 3.63) is 28.1 Å². The van der Waals surface area contributed by atoms with Crippen molar-refractivity contribution in [1.29, 1.82) is 0 Å². The van der Waals surface area contributed by atoms with E-state index in [1.165, 1.54) is 24.2 Å². The Bertz CT molecular complexity index is 635. The molecule has 4 rings (SSSR count). The smallest absolute Gasteiger partial charge is 0.226 e. The summed E-state index contributed by atoms with van der Waals surface area (Å²) in [6, 6.07) is 2.03. The van der Waals surface area contributed by atoms with Crippen LogP contribution in [0, 0.1) is 0 Å². The number of hydrogen-bond donors (Lipinski definition) is 0. The van der Waals surface area contributed by atoms with Crippen molar-refractivity contribution >= 4 is 15.9 Å². The van der Waals surface area contributed by atoms with Crippen LogP contribution in [0.1, 0.15) is 24.2 Å². The number of pyridine rings is 1. The molecule has 2 aromatic rings. The molecule has 92 valence electrons. The third kappa shape index (κ3) is 1.43. The van der Waals surface area contributed by atoms with E-state index in [0.29, 0.717) is 12.6 Å². The minimum Gasteiger partial charge on any atom is -0.455 e. The molecule has 1 aliphatic heterocycles. The fraction of sp³-hybridized carbons (Fsp3) is 0.385. The average molecular weight is 306 g/mol. The van der Waals surface area contributed by atoms with E-state index in [1.807, 2.05) is 6.07 Å². The highest BCUT2D eigenvalue weighted by Gasteiger charge is 2.26. The van der Waals surface area contributed by atoms with Crippen LogP contribution in [0.2, 0.25) is 0 Å². The van der Waals surface area contributed by atoms with E-state index < -0.39 is 0 Å². The van der Waals surface area contributed by atoms with Gasteiger partial charge in [0.1, 0.15) is 5.82 Å². The second-order valence-electron chi connectivity index (χ2n) is 4.74. The molecule has 2 aromatic heterocycles. The largest absolute Gasteiger partial charge is 0.455 e. The number of halogens is 1. The van der Waals surface area contributed by atoms with E-state index in [4.69, 9.17) is 9.72 Å². The maximum Gasteiger partial charge on any atom is 0.226 e. The minimum atomic E-state index is 0.541. The third-order valence-corrected chi connectivity index (χ3v) is 4.06. The first-order chi connectivity index (χ1) is 8.83. The molecule has 0 atom stereocenters. The van der Waals surface area contributed by atoms with Crippen LogP contribution in [0.15, 0.2) is 16.7 Å². The monoisotopic (exact) mass is 305 g/mol. The van der Waals surface area contributed by atoms with Crippen molar-refractivity contribution in [3.63, 3.8) is 0 Å². The molecule has 0 aromatic carbocycles. The maximum absolute atomic E-state index is 5.72. The van der Waals surface area contributed by atoms with Gasteiger partial charge in [-0.3, -0.25) is 4.57 Å². The SMILES string of the molecule is Brc1cnc2c(c1)-c1nc3c(n1CO2)CCCC3. The highest BCUT2D eigenvalue weighted by Crippen LogP contribution is 2.36. The Morgan fingerprint density at radius 1 is 1.28 bits per heavy atom. The first-order valence-corrected chi connectivity index (χ1v) is 6.99. The quantitative estimate of drug-likeness (QED) is 0.751. The van der Waals surface area contributed by atoms with Gasteiger partial charge < -0.3 is 4.74 Å². The lowest BCUT2D eigenvalue weighted by molar-refractivity contribution is 0.216. The van der Waals surface area contributed by atoms with E-state index in [-0.39, 0.29) is 0 Å². The summed E-state index contributed by atoms with van der Waals surface area (Å²) in [7, 11) is 0. The van der Waals surface area contributed by atoms with Crippen molar-refractivity contribution in [2.24, 2.45) is 0 Å². The molecule has 2 aliphatic rings. The first-order valence-electron chi connectivity index (χ1n) is 6.20. The van der Waals surface area contributed by atoms with Gasteiger partial charge in [-0.05, 0) is 47.7 Å². The average Bonchev–Trinajstić information content (AvgIpc) is 2.78. The molecule has 0 unspecified atom stereocenters. The predicted molar refractivity (Wildman–Crippen MR) is 70.4 cm³/mol. The highest BCUT2D eigenvalue weighted by atomic mass is 79.9. The van der Waals surface area contributed by atoms with Crippen LogP contribution >= 0.6 is 15.9 Å². The van der Waals surface area contributed by atoms with E-state index in [9.17, 15) is 0 Å². The Hall–Kier alpha value is -1.36. The molecule has 0 amide bonds. The van der Waals surface area contributed by atoms with Gasteiger partial charge in [-0.25, -0.2) is 9.97 Å². The van der Waals surface area contributed by atoms with Gasteiger partial charge in [0.15, 0.2) is 6.73 Å². The molecule has 0 saturated carbocycles. The molecule has 0 saturated heterocycles. The van der Waals surface area contributed by atoms with Gasteiger partial charge >= 0.3 is 0 Å². The number of aryl methyl sites for hydroxylation is 1. The molecule has 4 nitrogen and oxygen atoms in total. The molecule has 3 heterocycles. The van der Waals surface area contributed by atoms with Crippen LogP contribution in [-0.4, -0.2) is 14.5 Å². The summed E-state index contributed by atoms with van der Waals surface area (Å²) in [5, 5.41) is 0. The topological polar surface area (TPSA) is 39.9 Å². The van der Waals surface area contributed by atoms with Crippen LogP contribution < -0.4 is 4.74 Å². The van der Waals surface area contributed by atoms with Gasteiger partial charge in [-0.2, -0.15) is 0 Å². The van der Waals surface area contributed by atoms with Crippen LogP contribution in [0.3, 0.4) is 0 Å². The van der Waals surface area contributed by atoms with Crippen LogP contribution in [0.25, 0.3) is 11.4 Å². The van der Waals surface area contributed by atoms with Crippen LogP contribution in [-0.2, 0) is 19.6 Å². The predicted octanol–water partition coefficient (Wildman–Crippen LogP) is 2.94. The molecule has 0 fully saturated rings. The van der Waals surface area contributed by atoms with Gasteiger partial charge in [0.2, 0.25) is 5.88 Å². The maximum atomic E-state index is 5.72. The zero-order valence-corrected chi connectivity index (χ0v) is 11.4. The second-order valence-corrected chi connectivity index (χ2v) is 5.66. The van der Waals surface area contributed by atoms with Gasteiger partial charge in [-0.15, -0.1) is 0 Å². The summed E-state index contributed by atoms with van der Waals surface area (Å²) in [6.45, 7) is 0.541. The Morgan fingerprint density at radius 3 is 3.11 bits per heavy atom. The van der Waals surface area contributed by atoms with Crippen LogP contribution in [0.4, 0.5) is 0 Å². The number of fused-ring (bicyclic) bond motifs is 5. The van der Waals surface area contributed by atoms with Crippen molar-refractivity contribution in [2.75, 3.05) is 0 Å². The van der Waals surface area contributed by atoms with Crippen molar-refractivity contribution in [1.82, 2.24) is 14.5 Å². The van der Waals surface area contributed by atoms with Gasteiger partial charge in [0.25, 0.3) is 0 Å². The second kappa shape index (κ2) is 3.82. The fourth-order valence-corrected chi connectivity index (χ4v) is 3.10. The molecule has 5 heteroatoms. The zero-order valence-electron chi connectivity index (χ0n) is 9.82. The van der Waals surface area contributed by atoms with Crippen molar-refractivity contribution in [2.45, 2.75) is 32.4 Å². The summed E-state index contributed by atoms with van der Waals surface area (Å²) >= 11 is 3.46. The zero-order chi connectivity index (χ0) is 12.1. The van der Waals surface area contributed by atoms with E-state index in [2.05, 4.69) is 25.5 Å². The molecule has 1 aliphatic carbocycles. The minimum absolute atomic E-state index is 0.541. The summed E-state index contributed by atoms with van der Waals surface area (Å²) in [5.41, 5.74) is 3.58. The summed E-state index contributed by atoms with van der Waals surface area (Å²) < 4.78 is 8.88. The lowest BCUT2D eigenvalue weighted by atomic mass is 10.0. The number of rotatable bonds is 0. The molecular weight excluding hydrogens is 294 g/mol. The van der Waals surface area contributed by atoms with Gasteiger partial charge in [0.05, 0.1) is 11.3 Å². The molecule has 0 N–H and O–H groups in total. The molecule has 0 spiro atoms. The number of ether oxygens (including phenoxy) is 1. The van der Waals surface area contributed by atoms with E-state index in [0.717, 1.165) is 28.7 Å². The fourth-order valence-electron chi connectivity index (χ4n) is 2.77. The lowest BCUT2D eigenvalue weighted by Gasteiger charge is -2.20. The number of hydrogen-bond acceptors (Lipinski definition) is 3. The Kier molecular flexibility index (Phi) is 2.24. The van der Waals surface area contributed by atoms with Crippen LogP contribution in [0.5, 0.6) is 5.88 Å². The molecular formula is C13H12BrN3O. The van der Waals surface area contributed by atoms with Crippen molar-refractivity contribution < 1.29 is 4.74 Å². The Balaban J connectivity index is 1.95. The standard InChI is InChI=1S/C13H12BrN3O/c14-8-5-9-12-16-10-3-1-2-4-11(10)17(12)7-18-13(9)15-6-8/h5-6H,1-4,7H2. The number of aromatic nitrogens is 3. The summed E-state index contributed by atoms with van der Waals surface area (Å²) in [5.74, 6) is 1.70. The number of nitrogens with zero attached hydrogens (tertiary/aromatic N) is 3. The lowest BCUT2D eigenvalue weighted by Crippen LogP contribution is -2.17. The third-order valence-electron chi connectivity index (χ3n) is 3.62. The molecule has 18 heavy (non-hydrogen) atoms. The number of imidazole rings is 1. The Labute approximate surface area is 113 Å². The molecule has 0 radical (unpaired) electrons. The highest BCUT2D eigenvalue weighted by molar-refractivity contribution is 9.10. The molecule has 0 bridgehead atoms. The van der Waals surface area contributed by atoms with Crippen molar-refractivity contribution in [3.8, 4) is 17.3 Å².